The molecule has 5 nitrogen and oxygen atoms in total. The maximum absolute atomic E-state index is 14.1. The molecule has 1 unspecified atom stereocenters. The van der Waals surface area contributed by atoms with Crippen molar-refractivity contribution in [1.29, 1.82) is 0 Å². The number of hydrogen-bond acceptors (Lipinski definition) is 4. The number of halogens is 1. The van der Waals surface area contributed by atoms with Crippen LogP contribution in [0.2, 0.25) is 0 Å². The first-order valence-corrected chi connectivity index (χ1v) is 5.65. The molecule has 0 saturated heterocycles. The SMILES string of the molecule is NC(Cc1ccc2c(c1F)OCCCO2)C(=O)O. The molecule has 3 N–H and O–H groups in total. The van der Waals surface area contributed by atoms with Gasteiger partial charge in [-0.1, -0.05) is 6.07 Å². The van der Waals surface area contributed by atoms with Crippen LogP contribution in [0.1, 0.15) is 12.0 Å². The summed E-state index contributed by atoms with van der Waals surface area (Å²) in [6.45, 7) is 0.846. The Balaban J connectivity index is 2.28. The van der Waals surface area contributed by atoms with E-state index in [-0.39, 0.29) is 17.7 Å². The summed E-state index contributed by atoms with van der Waals surface area (Å²) in [6, 6.07) is 1.92. The van der Waals surface area contributed by atoms with E-state index in [0.29, 0.717) is 25.4 Å². The van der Waals surface area contributed by atoms with Crippen LogP contribution in [0.5, 0.6) is 11.5 Å². The second-order valence-corrected chi connectivity index (χ2v) is 4.07. The van der Waals surface area contributed by atoms with Crippen LogP contribution in [0.3, 0.4) is 0 Å². The van der Waals surface area contributed by atoms with Gasteiger partial charge in [-0.3, -0.25) is 4.79 Å². The van der Waals surface area contributed by atoms with Crippen molar-refractivity contribution in [3.05, 3.63) is 23.5 Å². The van der Waals surface area contributed by atoms with Crippen LogP contribution in [0.25, 0.3) is 0 Å². The normalized spacial score (nSPS) is 15.9. The lowest BCUT2D eigenvalue weighted by molar-refractivity contribution is -0.138. The zero-order valence-electron chi connectivity index (χ0n) is 9.69. The molecule has 1 heterocycles. The van der Waals surface area contributed by atoms with Crippen molar-refractivity contribution >= 4 is 5.97 Å². The highest BCUT2D eigenvalue weighted by Crippen LogP contribution is 2.34. The number of carboxylic acids is 1. The van der Waals surface area contributed by atoms with Gasteiger partial charge in [0.25, 0.3) is 0 Å². The molecule has 1 aromatic carbocycles. The summed E-state index contributed by atoms with van der Waals surface area (Å²) < 4.78 is 24.7. The Kier molecular flexibility index (Phi) is 3.66. The second-order valence-electron chi connectivity index (χ2n) is 4.07. The van der Waals surface area contributed by atoms with Gasteiger partial charge in [-0.25, -0.2) is 4.39 Å². The predicted octanol–water partition coefficient (Wildman–Crippen LogP) is 0.941. The lowest BCUT2D eigenvalue weighted by Gasteiger charge is -2.12. The molecular formula is C12H14FNO4. The molecule has 0 amide bonds. The summed E-state index contributed by atoms with van der Waals surface area (Å²) in [5, 5.41) is 8.71. The number of ether oxygens (including phenoxy) is 2. The summed E-state index contributed by atoms with van der Waals surface area (Å²) in [5.74, 6) is -1.37. The van der Waals surface area contributed by atoms with E-state index >= 15 is 0 Å². The van der Waals surface area contributed by atoms with Crippen LogP contribution < -0.4 is 15.2 Å². The number of hydrogen-bond donors (Lipinski definition) is 2. The van der Waals surface area contributed by atoms with Gasteiger partial charge in [0.15, 0.2) is 17.3 Å². The summed E-state index contributed by atoms with van der Waals surface area (Å²) in [5.41, 5.74) is 5.60. The summed E-state index contributed by atoms with van der Waals surface area (Å²) in [6.07, 6.45) is 0.593. The molecule has 0 fully saturated rings. The number of benzene rings is 1. The van der Waals surface area contributed by atoms with E-state index < -0.39 is 17.8 Å². The minimum Gasteiger partial charge on any atom is -0.489 e. The van der Waals surface area contributed by atoms with Crippen molar-refractivity contribution in [1.82, 2.24) is 0 Å². The van der Waals surface area contributed by atoms with Crippen LogP contribution in [-0.2, 0) is 11.2 Å². The van der Waals surface area contributed by atoms with Crippen LogP contribution in [0.15, 0.2) is 12.1 Å². The van der Waals surface area contributed by atoms with Crippen molar-refractivity contribution in [2.45, 2.75) is 18.9 Å². The molecule has 0 aliphatic carbocycles. The molecule has 0 bridgehead atoms. The van der Waals surface area contributed by atoms with Crippen LogP contribution in [-0.4, -0.2) is 30.3 Å². The van der Waals surface area contributed by atoms with Gasteiger partial charge in [0.1, 0.15) is 6.04 Å². The molecule has 0 saturated carbocycles. The van der Waals surface area contributed by atoms with E-state index in [9.17, 15) is 9.18 Å². The molecule has 0 radical (unpaired) electrons. The highest BCUT2D eigenvalue weighted by Gasteiger charge is 2.21. The molecular weight excluding hydrogens is 241 g/mol. The molecule has 1 atom stereocenters. The largest absolute Gasteiger partial charge is 0.489 e. The summed E-state index contributed by atoms with van der Waals surface area (Å²) in [7, 11) is 0. The quantitative estimate of drug-likeness (QED) is 0.840. The Bertz CT molecular complexity index is 464. The van der Waals surface area contributed by atoms with Crippen LogP contribution in [0, 0.1) is 5.82 Å². The lowest BCUT2D eigenvalue weighted by Crippen LogP contribution is -2.32. The van der Waals surface area contributed by atoms with Gasteiger partial charge in [0.05, 0.1) is 13.2 Å². The third-order valence-corrected chi connectivity index (χ3v) is 2.69. The Morgan fingerprint density at radius 2 is 2.17 bits per heavy atom. The fraction of sp³-hybridized carbons (Fsp3) is 0.417. The van der Waals surface area contributed by atoms with E-state index in [1.807, 2.05) is 0 Å². The summed E-state index contributed by atoms with van der Waals surface area (Å²) >= 11 is 0. The van der Waals surface area contributed by atoms with Crippen molar-refractivity contribution in [2.24, 2.45) is 5.73 Å². The molecule has 0 spiro atoms. The molecule has 2 rings (SSSR count). The number of rotatable bonds is 3. The Morgan fingerprint density at radius 1 is 1.44 bits per heavy atom. The molecule has 1 aliphatic rings. The first-order valence-electron chi connectivity index (χ1n) is 5.65. The van der Waals surface area contributed by atoms with Gasteiger partial charge in [0, 0.05) is 12.8 Å². The number of nitrogens with two attached hydrogens (primary N) is 1. The van der Waals surface area contributed by atoms with E-state index in [1.165, 1.54) is 6.07 Å². The monoisotopic (exact) mass is 255 g/mol. The number of carbonyl (C=O) groups is 1. The molecule has 1 aromatic rings. The highest BCUT2D eigenvalue weighted by atomic mass is 19.1. The first-order chi connectivity index (χ1) is 8.59. The van der Waals surface area contributed by atoms with Crippen molar-refractivity contribution in [2.75, 3.05) is 13.2 Å². The maximum Gasteiger partial charge on any atom is 0.320 e. The van der Waals surface area contributed by atoms with Crippen LogP contribution >= 0.6 is 0 Å². The summed E-state index contributed by atoms with van der Waals surface area (Å²) in [4.78, 5) is 10.7. The highest BCUT2D eigenvalue weighted by molar-refractivity contribution is 5.73. The first kappa shape index (κ1) is 12.6. The van der Waals surface area contributed by atoms with E-state index in [0.717, 1.165) is 0 Å². The molecule has 0 aromatic heterocycles. The van der Waals surface area contributed by atoms with Crippen molar-refractivity contribution < 1.29 is 23.8 Å². The minimum absolute atomic E-state index is 0.0441. The van der Waals surface area contributed by atoms with Gasteiger partial charge >= 0.3 is 5.97 Å². The fourth-order valence-corrected chi connectivity index (χ4v) is 1.72. The standard InChI is InChI=1S/C12H14FNO4/c13-10-7(6-8(14)12(15)16)2-3-9-11(10)18-5-1-4-17-9/h2-3,8H,1,4-6,14H2,(H,15,16). The van der Waals surface area contributed by atoms with Gasteiger partial charge < -0.3 is 20.3 Å². The van der Waals surface area contributed by atoms with E-state index in [1.54, 1.807) is 6.07 Å². The van der Waals surface area contributed by atoms with Crippen molar-refractivity contribution in [3.63, 3.8) is 0 Å². The van der Waals surface area contributed by atoms with Crippen LogP contribution in [0.4, 0.5) is 4.39 Å². The van der Waals surface area contributed by atoms with E-state index in [2.05, 4.69) is 0 Å². The zero-order chi connectivity index (χ0) is 13.1. The molecule has 6 heteroatoms. The third-order valence-electron chi connectivity index (χ3n) is 2.69. The maximum atomic E-state index is 14.1. The van der Waals surface area contributed by atoms with E-state index in [4.69, 9.17) is 20.3 Å². The van der Waals surface area contributed by atoms with Gasteiger partial charge in [-0.15, -0.1) is 0 Å². The minimum atomic E-state index is -1.17. The Hall–Kier alpha value is -1.82. The average molecular weight is 255 g/mol. The smallest absolute Gasteiger partial charge is 0.320 e. The molecule has 1 aliphatic heterocycles. The molecule has 98 valence electrons. The number of aliphatic carboxylic acids is 1. The Morgan fingerprint density at radius 3 is 2.89 bits per heavy atom. The lowest BCUT2D eigenvalue weighted by atomic mass is 10.1. The topological polar surface area (TPSA) is 81.8 Å². The number of fused-ring (bicyclic) bond motifs is 1. The second kappa shape index (κ2) is 5.22. The number of carboxylic acid groups (broad SMARTS) is 1. The predicted molar refractivity (Wildman–Crippen MR) is 61.3 cm³/mol. The van der Waals surface area contributed by atoms with Gasteiger partial charge in [0.2, 0.25) is 0 Å². The van der Waals surface area contributed by atoms with Crippen molar-refractivity contribution in [3.8, 4) is 11.5 Å². The average Bonchev–Trinajstić information content (AvgIpc) is 2.58. The Labute approximate surface area is 103 Å². The molecule has 18 heavy (non-hydrogen) atoms. The van der Waals surface area contributed by atoms with Gasteiger partial charge in [-0.05, 0) is 11.6 Å². The fourth-order valence-electron chi connectivity index (χ4n) is 1.72. The van der Waals surface area contributed by atoms with Gasteiger partial charge in [-0.2, -0.15) is 0 Å². The zero-order valence-corrected chi connectivity index (χ0v) is 9.69. The third kappa shape index (κ3) is 2.53.